The number of nitrogens with one attached hydrogen (secondary N) is 1. The van der Waals surface area contributed by atoms with Gasteiger partial charge >= 0.3 is 5.69 Å². The zero-order valence-corrected chi connectivity index (χ0v) is 21.3. The molecule has 190 valence electrons. The second-order valence-corrected chi connectivity index (χ2v) is 11.3. The van der Waals surface area contributed by atoms with Gasteiger partial charge in [-0.05, 0) is 45.7 Å². The van der Waals surface area contributed by atoms with E-state index in [2.05, 4.69) is 4.98 Å². The molecule has 1 saturated heterocycles. The molecule has 5 N–H and O–H groups in total. The van der Waals surface area contributed by atoms with Gasteiger partial charge in [0.05, 0.1) is 12.7 Å². The summed E-state index contributed by atoms with van der Waals surface area (Å²) >= 11 is 0. The number of ether oxygens (including phenoxy) is 1. The standard InChI is InChI=1S/C20H38N4O7P2/c1-15-13-24(20(26)23-19(15)25)18-12-16(31-33(28)11-7-3-5-9-22)17(30-18)14-29-32(27)10-6-2-4-8-21/h13,16-18,32-33H,2-12,14,21-22H2,1H3,(H,23,25,26)/t16?,17-,18-/m1/s1. The Hall–Kier alpha value is -1.06. The number of H-pyrrole nitrogens is 1. The van der Waals surface area contributed by atoms with Crippen LogP contribution in [0, 0.1) is 6.92 Å². The molecule has 13 heteroatoms. The summed E-state index contributed by atoms with van der Waals surface area (Å²) in [6.07, 6.45) is 5.71. The molecule has 1 aromatic rings. The fourth-order valence-electron chi connectivity index (χ4n) is 3.60. The first-order chi connectivity index (χ1) is 15.8. The van der Waals surface area contributed by atoms with Crippen LogP contribution in [0.4, 0.5) is 0 Å². The highest BCUT2D eigenvalue weighted by Crippen LogP contribution is 2.38. The highest BCUT2D eigenvalue weighted by molar-refractivity contribution is 7.39. The average molecular weight is 508 g/mol. The summed E-state index contributed by atoms with van der Waals surface area (Å²) in [6, 6.07) is 0. The summed E-state index contributed by atoms with van der Waals surface area (Å²) in [7, 11) is -4.58. The van der Waals surface area contributed by atoms with Crippen LogP contribution in [0.1, 0.15) is 56.7 Å². The second kappa shape index (κ2) is 15.0. The van der Waals surface area contributed by atoms with Crippen molar-refractivity contribution in [1.29, 1.82) is 0 Å². The van der Waals surface area contributed by atoms with E-state index in [0.29, 0.717) is 31.0 Å². The van der Waals surface area contributed by atoms with E-state index >= 15 is 0 Å². The first-order valence-electron chi connectivity index (χ1n) is 11.6. The maximum Gasteiger partial charge on any atom is 0.330 e. The van der Waals surface area contributed by atoms with Gasteiger partial charge in [-0.1, -0.05) is 12.8 Å². The quantitative estimate of drug-likeness (QED) is 0.222. The lowest BCUT2D eigenvalue weighted by molar-refractivity contribution is -0.0352. The van der Waals surface area contributed by atoms with Crippen LogP contribution < -0.4 is 22.7 Å². The minimum Gasteiger partial charge on any atom is -0.349 e. The molecule has 0 amide bonds. The van der Waals surface area contributed by atoms with Crippen molar-refractivity contribution in [2.24, 2.45) is 11.5 Å². The smallest absolute Gasteiger partial charge is 0.330 e. The molecule has 2 heterocycles. The number of nitrogens with two attached hydrogens (primary N) is 2. The lowest BCUT2D eigenvalue weighted by Crippen LogP contribution is -2.33. The second-order valence-electron chi connectivity index (χ2n) is 8.25. The first-order valence-corrected chi connectivity index (χ1v) is 14.6. The fourth-order valence-corrected chi connectivity index (χ4v) is 5.88. The van der Waals surface area contributed by atoms with Crippen molar-refractivity contribution in [3.05, 3.63) is 32.6 Å². The van der Waals surface area contributed by atoms with Crippen molar-refractivity contribution in [2.45, 2.75) is 70.3 Å². The predicted molar refractivity (Wildman–Crippen MR) is 129 cm³/mol. The van der Waals surface area contributed by atoms with Gasteiger partial charge in [0.1, 0.15) is 12.3 Å². The molecule has 0 radical (unpaired) electrons. The van der Waals surface area contributed by atoms with Crippen molar-refractivity contribution >= 4 is 16.1 Å². The summed E-state index contributed by atoms with van der Waals surface area (Å²) in [4.78, 5) is 26.2. The summed E-state index contributed by atoms with van der Waals surface area (Å²) in [6.45, 7) is 2.80. The van der Waals surface area contributed by atoms with E-state index in [1.165, 1.54) is 10.8 Å². The molecule has 0 saturated carbocycles. The number of unbranched alkanes of at least 4 members (excludes halogenated alkanes) is 4. The molecule has 5 atom stereocenters. The van der Waals surface area contributed by atoms with Crippen LogP contribution >= 0.6 is 16.1 Å². The number of aryl methyl sites for hydroxylation is 1. The molecular formula is C20H38N4O7P2. The third-order valence-corrected chi connectivity index (χ3v) is 8.08. The maximum atomic E-state index is 12.5. The Balaban J connectivity index is 2.01. The highest BCUT2D eigenvalue weighted by Gasteiger charge is 2.39. The van der Waals surface area contributed by atoms with Crippen LogP contribution in [0.15, 0.2) is 15.8 Å². The van der Waals surface area contributed by atoms with Crippen molar-refractivity contribution in [1.82, 2.24) is 9.55 Å². The van der Waals surface area contributed by atoms with Crippen molar-refractivity contribution in [3.63, 3.8) is 0 Å². The number of aromatic amines is 1. The highest BCUT2D eigenvalue weighted by atomic mass is 31.1. The zero-order valence-electron chi connectivity index (χ0n) is 19.3. The van der Waals surface area contributed by atoms with Gasteiger partial charge in [0.2, 0.25) is 0 Å². The number of nitrogens with zero attached hydrogens (tertiary/aromatic N) is 1. The minimum atomic E-state index is -2.33. The summed E-state index contributed by atoms with van der Waals surface area (Å²) < 4.78 is 43.4. The molecule has 0 spiro atoms. The van der Waals surface area contributed by atoms with Gasteiger partial charge in [0.15, 0.2) is 16.1 Å². The molecule has 11 nitrogen and oxygen atoms in total. The van der Waals surface area contributed by atoms with Gasteiger partial charge in [0.25, 0.3) is 5.56 Å². The molecule has 1 fully saturated rings. The topological polar surface area (TPSA) is 169 Å². The Labute approximate surface area is 195 Å². The van der Waals surface area contributed by atoms with Crippen LogP contribution in [-0.2, 0) is 22.9 Å². The van der Waals surface area contributed by atoms with Gasteiger partial charge in [0, 0.05) is 30.5 Å². The Morgan fingerprint density at radius 1 is 1.06 bits per heavy atom. The van der Waals surface area contributed by atoms with Gasteiger partial charge in [-0.2, -0.15) is 0 Å². The van der Waals surface area contributed by atoms with Crippen LogP contribution in [0.5, 0.6) is 0 Å². The van der Waals surface area contributed by atoms with Gasteiger partial charge < -0.3 is 25.3 Å². The third-order valence-electron chi connectivity index (χ3n) is 5.50. The van der Waals surface area contributed by atoms with Crippen LogP contribution in [0.25, 0.3) is 0 Å². The Morgan fingerprint density at radius 2 is 1.70 bits per heavy atom. The first kappa shape index (κ1) is 28.2. The molecule has 1 aliphatic rings. The maximum absolute atomic E-state index is 12.5. The summed E-state index contributed by atoms with van der Waals surface area (Å²) in [5, 5.41) is 0. The minimum absolute atomic E-state index is 0.00918. The van der Waals surface area contributed by atoms with Gasteiger partial charge in [-0.3, -0.25) is 23.5 Å². The monoisotopic (exact) mass is 508 g/mol. The van der Waals surface area contributed by atoms with Gasteiger partial charge in [-0.25, -0.2) is 4.79 Å². The third kappa shape index (κ3) is 9.61. The molecule has 0 aromatic carbocycles. The molecule has 1 aromatic heterocycles. The van der Waals surface area contributed by atoms with E-state index in [1.807, 2.05) is 0 Å². The number of rotatable bonds is 16. The van der Waals surface area contributed by atoms with Crippen molar-refractivity contribution in [3.8, 4) is 0 Å². The SMILES string of the molecule is Cc1cn([C@H]2CC(O[PH](=O)CCCCCN)[C@@H](CO[PH](=O)CCCCCN)O2)c(=O)[nH]c1=O. The van der Waals surface area contributed by atoms with E-state index in [1.54, 1.807) is 6.92 Å². The Kier molecular flexibility index (Phi) is 12.8. The molecule has 0 bridgehead atoms. The average Bonchev–Trinajstić information content (AvgIpc) is 3.17. The van der Waals surface area contributed by atoms with Gasteiger partial charge in [-0.15, -0.1) is 0 Å². The Morgan fingerprint density at radius 3 is 2.33 bits per heavy atom. The van der Waals surface area contributed by atoms with E-state index < -0.39 is 45.7 Å². The normalized spacial score (nSPS) is 22.5. The molecule has 0 aliphatic carbocycles. The molecule has 2 rings (SSSR count). The van der Waals surface area contributed by atoms with E-state index in [4.69, 9.17) is 25.3 Å². The van der Waals surface area contributed by atoms with Crippen LogP contribution in [0.2, 0.25) is 0 Å². The van der Waals surface area contributed by atoms with Crippen LogP contribution in [-0.4, -0.2) is 53.8 Å². The van der Waals surface area contributed by atoms with Crippen molar-refractivity contribution in [2.75, 3.05) is 32.0 Å². The molecule has 33 heavy (non-hydrogen) atoms. The Bertz CT molecular complexity index is 892. The number of hydrogen-bond donors (Lipinski definition) is 3. The van der Waals surface area contributed by atoms with E-state index in [9.17, 15) is 18.7 Å². The largest absolute Gasteiger partial charge is 0.349 e. The lowest BCUT2D eigenvalue weighted by atomic mass is 10.2. The number of aromatic nitrogens is 2. The van der Waals surface area contributed by atoms with E-state index in [0.717, 1.165) is 38.5 Å². The summed E-state index contributed by atoms with van der Waals surface area (Å²) in [5.41, 5.74) is 10.3. The fraction of sp³-hybridized carbons (Fsp3) is 0.800. The molecule has 3 unspecified atom stereocenters. The molecular weight excluding hydrogens is 470 g/mol. The number of hydrogen-bond acceptors (Lipinski definition) is 9. The predicted octanol–water partition coefficient (Wildman–Crippen LogP) is 1.74. The summed E-state index contributed by atoms with van der Waals surface area (Å²) in [5.74, 6) is 0. The van der Waals surface area contributed by atoms with Crippen molar-refractivity contribution < 1.29 is 22.9 Å². The zero-order chi connectivity index (χ0) is 24.2. The molecule has 1 aliphatic heterocycles. The van der Waals surface area contributed by atoms with Crippen LogP contribution in [0.3, 0.4) is 0 Å². The lowest BCUT2D eigenvalue weighted by Gasteiger charge is -2.19. The van der Waals surface area contributed by atoms with E-state index in [-0.39, 0.29) is 13.0 Å².